The first kappa shape index (κ1) is 20.1. The molecule has 0 bridgehead atoms. The van der Waals surface area contributed by atoms with Gasteiger partial charge in [0.05, 0.1) is 11.5 Å². The predicted octanol–water partition coefficient (Wildman–Crippen LogP) is 3.76. The van der Waals surface area contributed by atoms with Crippen LogP contribution in [-0.4, -0.2) is 19.9 Å². The number of benzene rings is 2. The number of anilines is 1. The molecule has 0 aliphatic rings. The molecule has 10 heteroatoms. The van der Waals surface area contributed by atoms with Gasteiger partial charge in [0.25, 0.3) is 10.0 Å². The number of thioether (sulfide) groups is 1. The second-order valence-corrected chi connectivity index (χ2v) is 8.87. The van der Waals surface area contributed by atoms with Crippen molar-refractivity contribution >= 4 is 55.8 Å². The quantitative estimate of drug-likeness (QED) is 0.329. The summed E-state index contributed by atoms with van der Waals surface area (Å²) < 4.78 is 33.5. The fraction of sp³-hybridized carbons (Fsp3) is 0.0556. The van der Waals surface area contributed by atoms with Crippen LogP contribution in [0, 0.1) is 5.41 Å². The number of hydrogen-bond donors (Lipinski definition) is 4. The number of furan rings is 1. The molecule has 0 saturated carbocycles. The minimum atomic E-state index is -3.97. The van der Waals surface area contributed by atoms with Crippen molar-refractivity contribution in [3.63, 3.8) is 0 Å². The normalized spacial score (nSPS) is 11.3. The molecule has 0 aliphatic carbocycles. The molecule has 28 heavy (non-hydrogen) atoms. The highest BCUT2D eigenvalue weighted by Gasteiger charge is 2.21. The van der Waals surface area contributed by atoms with E-state index in [2.05, 4.69) is 4.72 Å². The first-order valence-corrected chi connectivity index (χ1v) is 10.8. The highest BCUT2D eigenvalue weighted by Crippen LogP contribution is 2.32. The molecule has 0 atom stereocenters. The van der Waals surface area contributed by atoms with Crippen molar-refractivity contribution in [3.8, 4) is 0 Å². The van der Waals surface area contributed by atoms with Gasteiger partial charge in [0.1, 0.15) is 5.58 Å². The summed E-state index contributed by atoms with van der Waals surface area (Å²) in [5, 5.41) is 8.67. The number of rotatable bonds is 7. The lowest BCUT2D eigenvalue weighted by Crippen LogP contribution is -2.13. The molecule has 7 nitrogen and oxygen atoms in total. The fourth-order valence-electron chi connectivity index (χ4n) is 2.39. The molecule has 3 aromatic rings. The highest BCUT2D eigenvalue weighted by molar-refractivity contribution is 8.00. The van der Waals surface area contributed by atoms with Gasteiger partial charge < -0.3 is 21.3 Å². The molecule has 0 spiro atoms. The third kappa shape index (κ3) is 4.80. The van der Waals surface area contributed by atoms with Gasteiger partial charge in [0, 0.05) is 32.8 Å². The number of nitrogens with two attached hydrogens (primary N) is 2. The van der Waals surface area contributed by atoms with E-state index < -0.39 is 10.0 Å². The molecule has 3 rings (SSSR count). The summed E-state index contributed by atoms with van der Waals surface area (Å²) in [6.07, 6.45) is 1.33. The highest BCUT2D eigenvalue weighted by atomic mass is 35.5. The Hall–Kier alpha value is -2.62. The Morgan fingerprint density at radius 3 is 2.68 bits per heavy atom. The average Bonchev–Trinajstić information content (AvgIpc) is 3.05. The van der Waals surface area contributed by atoms with Gasteiger partial charge in [-0.15, -0.1) is 11.8 Å². The number of nitrogens with one attached hydrogen (secondary N) is 2. The van der Waals surface area contributed by atoms with Crippen LogP contribution in [0.15, 0.2) is 74.8 Å². The van der Waals surface area contributed by atoms with Crippen molar-refractivity contribution < 1.29 is 12.8 Å². The number of sulfonamides is 1. The Kier molecular flexibility index (Phi) is 5.87. The van der Waals surface area contributed by atoms with Gasteiger partial charge >= 0.3 is 0 Å². The Morgan fingerprint density at radius 1 is 1.21 bits per heavy atom. The van der Waals surface area contributed by atoms with Crippen LogP contribution < -0.4 is 16.2 Å². The Labute approximate surface area is 171 Å². The third-order valence-corrected chi connectivity index (χ3v) is 6.15. The molecular formula is C18H17ClN4O3S2. The number of halogens is 1. The molecule has 0 saturated heterocycles. The molecule has 0 radical (unpaired) electrons. The SMILES string of the molecule is N=C(C=C(N)N)CSc1ccc(Cl)cc1NS(=O)(=O)c1cc2ccccc2o1. The third-order valence-electron chi connectivity index (χ3n) is 3.58. The zero-order valence-corrected chi connectivity index (χ0v) is 16.9. The lowest BCUT2D eigenvalue weighted by atomic mass is 10.3. The number of fused-ring (bicyclic) bond motifs is 1. The van der Waals surface area contributed by atoms with Crippen molar-refractivity contribution in [2.24, 2.45) is 11.5 Å². The van der Waals surface area contributed by atoms with Crippen LogP contribution in [0.3, 0.4) is 0 Å². The maximum Gasteiger partial charge on any atom is 0.295 e. The van der Waals surface area contributed by atoms with Crippen LogP contribution >= 0.6 is 23.4 Å². The molecule has 0 aliphatic heterocycles. The second-order valence-electron chi connectivity index (χ2n) is 5.81. The number of para-hydroxylation sites is 1. The number of allylic oxidation sites excluding steroid dienone is 1. The minimum Gasteiger partial charge on any atom is -0.443 e. The molecule has 0 amide bonds. The maximum atomic E-state index is 12.8. The summed E-state index contributed by atoms with van der Waals surface area (Å²) in [7, 11) is -3.97. The molecule has 2 aromatic carbocycles. The summed E-state index contributed by atoms with van der Waals surface area (Å²) in [4.78, 5) is 0.595. The van der Waals surface area contributed by atoms with Crippen LogP contribution in [0.4, 0.5) is 5.69 Å². The van der Waals surface area contributed by atoms with Crippen molar-refractivity contribution in [2.45, 2.75) is 9.99 Å². The van der Waals surface area contributed by atoms with Crippen LogP contribution in [0.2, 0.25) is 5.02 Å². The summed E-state index contributed by atoms with van der Waals surface area (Å²) in [5.74, 6) is 0.284. The van der Waals surface area contributed by atoms with Crippen LogP contribution in [-0.2, 0) is 10.0 Å². The lowest BCUT2D eigenvalue weighted by molar-refractivity contribution is 0.484. The molecule has 0 fully saturated rings. The number of hydrogen-bond acceptors (Lipinski definition) is 7. The van der Waals surface area contributed by atoms with E-state index in [1.807, 2.05) is 0 Å². The standard InChI is InChI=1S/C18H17ClN4O3S2/c19-12-5-6-16(27-10-13(20)9-17(21)22)14(8-12)23-28(24,25)18-7-11-3-1-2-4-15(11)26-18/h1-9,20,23H,10,21-22H2. The molecule has 1 aromatic heterocycles. The first-order chi connectivity index (χ1) is 13.2. The fourth-order valence-corrected chi connectivity index (χ4v) is 4.49. The van der Waals surface area contributed by atoms with Crippen molar-refractivity contribution in [1.29, 1.82) is 5.41 Å². The maximum absolute atomic E-state index is 12.8. The van der Waals surface area contributed by atoms with E-state index in [1.54, 1.807) is 36.4 Å². The molecule has 0 unspecified atom stereocenters. The van der Waals surface area contributed by atoms with Gasteiger partial charge in [-0.2, -0.15) is 8.42 Å². The van der Waals surface area contributed by atoms with Crippen molar-refractivity contribution in [1.82, 2.24) is 0 Å². The molecular weight excluding hydrogens is 420 g/mol. The largest absolute Gasteiger partial charge is 0.443 e. The van der Waals surface area contributed by atoms with E-state index in [0.29, 0.717) is 20.9 Å². The first-order valence-electron chi connectivity index (χ1n) is 7.98. The second kappa shape index (κ2) is 8.17. The predicted molar refractivity (Wildman–Crippen MR) is 113 cm³/mol. The van der Waals surface area contributed by atoms with Crippen LogP contribution in [0.1, 0.15) is 0 Å². The monoisotopic (exact) mass is 436 g/mol. The van der Waals surface area contributed by atoms with Crippen molar-refractivity contribution in [3.05, 3.63) is 65.5 Å². The van der Waals surface area contributed by atoms with Gasteiger partial charge in [-0.25, -0.2) is 0 Å². The summed E-state index contributed by atoms with van der Waals surface area (Å²) >= 11 is 7.29. The molecule has 1 heterocycles. The van der Waals surface area contributed by atoms with Gasteiger partial charge in [-0.3, -0.25) is 4.72 Å². The zero-order valence-electron chi connectivity index (χ0n) is 14.5. The lowest BCUT2D eigenvalue weighted by Gasteiger charge is -2.11. The van der Waals surface area contributed by atoms with Gasteiger partial charge in [0.2, 0.25) is 5.09 Å². The summed E-state index contributed by atoms with van der Waals surface area (Å²) in [6, 6.07) is 13.3. The molecule has 6 N–H and O–H groups in total. The Bertz CT molecular complexity index is 1140. The van der Waals surface area contributed by atoms with Crippen LogP contribution in [0.25, 0.3) is 11.0 Å². The van der Waals surface area contributed by atoms with Gasteiger partial charge in [0.15, 0.2) is 0 Å². The topological polar surface area (TPSA) is 135 Å². The van der Waals surface area contributed by atoms with E-state index in [4.69, 9.17) is 32.9 Å². The minimum absolute atomic E-state index is 0.0347. The van der Waals surface area contributed by atoms with Crippen molar-refractivity contribution in [2.75, 3.05) is 10.5 Å². The Balaban J connectivity index is 1.87. The van der Waals surface area contributed by atoms with Gasteiger partial charge in [-0.1, -0.05) is 29.8 Å². The summed E-state index contributed by atoms with van der Waals surface area (Å²) in [5.41, 5.74) is 11.7. The zero-order chi connectivity index (χ0) is 20.3. The smallest absolute Gasteiger partial charge is 0.295 e. The van der Waals surface area contributed by atoms with Crippen LogP contribution in [0.5, 0.6) is 0 Å². The Morgan fingerprint density at radius 2 is 1.96 bits per heavy atom. The van der Waals surface area contributed by atoms with E-state index in [9.17, 15) is 8.42 Å². The molecule has 146 valence electrons. The van der Waals surface area contributed by atoms with E-state index in [0.717, 1.165) is 0 Å². The summed E-state index contributed by atoms with van der Waals surface area (Å²) in [6.45, 7) is 0. The van der Waals surface area contributed by atoms with E-state index in [1.165, 1.54) is 30.0 Å². The van der Waals surface area contributed by atoms with E-state index >= 15 is 0 Å². The van der Waals surface area contributed by atoms with E-state index in [-0.39, 0.29) is 28.1 Å². The van der Waals surface area contributed by atoms with Gasteiger partial charge in [-0.05, 0) is 30.3 Å². The average molecular weight is 437 g/mol.